The summed E-state index contributed by atoms with van der Waals surface area (Å²) in [4.78, 5) is 31.3. The summed E-state index contributed by atoms with van der Waals surface area (Å²) in [7, 11) is 1.45. The van der Waals surface area contributed by atoms with Crippen LogP contribution in [0.1, 0.15) is 24.1 Å². The second-order valence-corrected chi connectivity index (χ2v) is 7.37. The number of esters is 1. The van der Waals surface area contributed by atoms with Gasteiger partial charge in [-0.25, -0.2) is 0 Å². The lowest BCUT2D eigenvalue weighted by Crippen LogP contribution is -2.67. The Labute approximate surface area is 145 Å². The number of carbonyl (C=O) groups excluding carboxylic acids is 2. The van der Waals surface area contributed by atoms with E-state index < -0.39 is 5.41 Å². The third-order valence-electron chi connectivity index (χ3n) is 6.25. The van der Waals surface area contributed by atoms with Crippen molar-refractivity contribution in [2.45, 2.75) is 24.3 Å². The van der Waals surface area contributed by atoms with Crippen molar-refractivity contribution < 1.29 is 14.3 Å². The average molecular weight is 336 g/mol. The Balaban J connectivity index is 1.84. The zero-order valence-corrected chi connectivity index (χ0v) is 14.1. The van der Waals surface area contributed by atoms with Gasteiger partial charge in [0.05, 0.1) is 7.11 Å². The maximum atomic E-state index is 13.1. The van der Waals surface area contributed by atoms with Gasteiger partial charge < -0.3 is 9.72 Å². The van der Waals surface area contributed by atoms with Crippen molar-refractivity contribution in [3.05, 3.63) is 41.6 Å². The Bertz CT molecular complexity index is 928. The van der Waals surface area contributed by atoms with Crippen molar-refractivity contribution >= 4 is 28.7 Å². The SMILES string of the molecule is COC(=O)[C@]12C[C@H]3CN(C/C=C\c4c1[nH]c1ccccc41)C2CC3=O. The molecule has 2 saturated heterocycles. The summed E-state index contributed by atoms with van der Waals surface area (Å²) in [6.45, 7) is 1.49. The van der Waals surface area contributed by atoms with Gasteiger partial charge in [0.1, 0.15) is 11.2 Å². The highest BCUT2D eigenvalue weighted by molar-refractivity contribution is 5.98. The first-order valence-electron chi connectivity index (χ1n) is 8.78. The molecule has 1 saturated carbocycles. The van der Waals surface area contributed by atoms with E-state index in [1.54, 1.807) is 0 Å². The molecule has 4 bridgehead atoms. The van der Waals surface area contributed by atoms with E-state index in [9.17, 15) is 9.59 Å². The summed E-state index contributed by atoms with van der Waals surface area (Å²) in [6.07, 6.45) is 5.21. The van der Waals surface area contributed by atoms with Crippen molar-refractivity contribution in [2.75, 3.05) is 20.2 Å². The van der Waals surface area contributed by atoms with E-state index >= 15 is 0 Å². The molecule has 0 spiro atoms. The minimum atomic E-state index is -0.801. The minimum absolute atomic E-state index is 0.102. The summed E-state index contributed by atoms with van der Waals surface area (Å²) >= 11 is 0. The van der Waals surface area contributed by atoms with Crippen molar-refractivity contribution in [3.8, 4) is 0 Å². The number of Topliss-reactive ketones (excluding diaryl/α,β-unsaturated/α-hetero) is 1. The number of benzene rings is 1. The Morgan fingerprint density at radius 2 is 2.20 bits per heavy atom. The van der Waals surface area contributed by atoms with Gasteiger partial charge in [-0.15, -0.1) is 0 Å². The molecule has 3 aliphatic heterocycles. The van der Waals surface area contributed by atoms with Gasteiger partial charge in [-0.3, -0.25) is 14.5 Å². The fourth-order valence-corrected chi connectivity index (χ4v) is 5.16. The third-order valence-corrected chi connectivity index (χ3v) is 6.25. The molecule has 0 amide bonds. The number of ether oxygens (including phenoxy) is 1. The minimum Gasteiger partial charge on any atom is -0.468 e. The standard InChI is InChI=1S/C20H20N2O3/c1-25-19(24)20-10-12-11-22(17(20)9-16(12)23)8-4-6-14-13-5-2-3-7-15(13)21-18(14)20/h2-7,12,17,21H,8-11H2,1H3/b6-4-/t12-,17?,20-/m0/s1. The van der Waals surface area contributed by atoms with E-state index in [2.05, 4.69) is 28.1 Å². The van der Waals surface area contributed by atoms with Crippen LogP contribution >= 0.6 is 0 Å². The molecule has 128 valence electrons. The smallest absolute Gasteiger partial charge is 0.319 e. The molecule has 25 heavy (non-hydrogen) atoms. The number of aromatic nitrogens is 1. The number of rotatable bonds is 1. The molecular weight excluding hydrogens is 316 g/mol. The highest BCUT2D eigenvalue weighted by Crippen LogP contribution is 2.50. The first-order chi connectivity index (χ1) is 12.1. The number of aromatic amines is 1. The Kier molecular flexibility index (Phi) is 3.01. The monoisotopic (exact) mass is 336 g/mol. The zero-order valence-electron chi connectivity index (χ0n) is 14.1. The third kappa shape index (κ3) is 1.82. The number of hydrogen-bond acceptors (Lipinski definition) is 4. The summed E-state index contributed by atoms with van der Waals surface area (Å²) in [6, 6.07) is 7.96. The number of fused-ring (bicyclic) bond motifs is 4. The van der Waals surface area contributed by atoms with Crippen LogP contribution in [0.25, 0.3) is 17.0 Å². The number of nitrogens with one attached hydrogen (secondary N) is 1. The first kappa shape index (κ1) is 14.9. The fourth-order valence-electron chi connectivity index (χ4n) is 5.16. The van der Waals surface area contributed by atoms with Crippen LogP contribution in [0, 0.1) is 5.92 Å². The van der Waals surface area contributed by atoms with Gasteiger partial charge in [0.25, 0.3) is 0 Å². The number of ketones is 1. The average Bonchev–Trinajstić information content (AvgIpc) is 3.00. The molecule has 1 N–H and O–H groups in total. The number of carbonyl (C=O) groups is 2. The van der Waals surface area contributed by atoms with Crippen LogP contribution < -0.4 is 0 Å². The van der Waals surface area contributed by atoms with Crippen LogP contribution in [0.3, 0.4) is 0 Å². The van der Waals surface area contributed by atoms with Crippen molar-refractivity contribution in [3.63, 3.8) is 0 Å². The summed E-state index contributed by atoms with van der Waals surface area (Å²) < 4.78 is 5.28. The normalized spacial score (nSPS) is 34.3. The molecular formula is C20H20N2O3. The van der Waals surface area contributed by atoms with Gasteiger partial charge in [0.15, 0.2) is 0 Å². The number of piperidine rings is 2. The molecule has 1 aromatic heterocycles. The topological polar surface area (TPSA) is 62.4 Å². The van der Waals surface area contributed by atoms with Crippen molar-refractivity contribution in [1.29, 1.82) is 0 Å². The van der Waals surface area contributed by atoms with E-state index in [0.717, 1.165) is 35.2 Å². The van der Waals surface area contributed by atoms with Crippen LogP contribution in [-0.4, -0.2) is 47.9 Å². The van der Waals surface area contributed by atoms with Gasteiger partial charge in [-0.05, 0) is 12.5 Å². The predicted octanol–water partition coefficient (Wildman–Crippen LogP) is 2.27. The van der Waals surface area contributed by atoms with Gasteiger partial charge in [-0.2, -0.15) is 0 Å². The van der Waals surface area contributed by atoms with Crippen LogP contribution in [0.2, 0.25) is 0 Å². The fraction of sp³-hybridized carbons (Fsp3) is 0.400. The second-order valence-electron chi connectivity index (χ2n) is 7.37. The molecule has 4 aliphatic rings. The zero-order chi connectivity index (χ0) is 17.2. The number of methoxy groups -OCH3 is 1. The number of H-pyrrole nitrogens is 1. The number of para-hydroxylation sites is 1. The highest BCUT2D eigenvalue weighted by atomic mass is 16.5. The van der Waals surface area contributed by atoms with E-state index in [1.165, 1.54) is 7.11 Å². The van der Waals surface area contributed by atoms with Crippen LogP contribution in [-0.2, 0) is 19.7 Å². The Morgan fingerprint density at radius 1 is 1.36 bits per heavy atom. The lowest BCUT2D eigenvalue weighted by Gasteiger charge is -2.54. The number of hydrogen-bond donors (Lipinski definition) is 1. The van der Waals surface area contributed by atoms with E-state index in [-0.39, 0.29) is 23.7 Å². The van der Waals surface area contributed by atoms with Crippen LogP contribution in [0.15, 0.2) is 30.3 Å². The maximum absolute atomic E-state index is 13.1. The molecule has 4 heterocycles. The van der Waals surface area contributed by atoms with Gasteiger partial charge >= 0.3 is 5.97 Å². The largest absolute Gasteiger partial charge is 0.468 e. The summed E-state index contributed by atoms with van der Waals surface area (Å²) in [5.74, 6) is -0.0549. The van der Waals surface area contributed by atoms with Gasteiger partial charge in [0.2, 0.25) is 0 Å². The van der Waals surface area contributed by atoms with Crippen LogP contribution in [0.5, 0.6) is 0 Å². The van der Waals surface area contributed by atoms with Gasteiger partial charge in [-0.1, -0.05) is 30.4 Å². The first-order valence-corrected chi connectivity index (χ1v) is 8.78. The Hall–Kier alpha value is -2.40. The lowest BCUT2D eigenvalue weighted by molar-refractivity contribution is -0.161. The molecule has 2 aromatic rings. The van der Waals surface area contributed by atoms with E-state index in [0.29, 0.717) is 12.8 Å². The second kappa shape index (κ2) is 5.05. The molecule has 5 nitrogen and oxygen atoms in total. The molecule has 1 aromatic carbocycles. The molecule has 1 aliphatic carbocycles. The lowest BCUT2D eigenvalue weighted by atomic mass is 9.59. The van der Waals surface area contributed by atoms with E-state index in [1.807, 2.05) is 18.2 Å². The molecule has 3 fully saturated rings. The predicted molar refractivity (Wildman–Crippen MR) is 94.1 cm³/mol. The highest BCUT2D eigenvalue weighted by Gasteiger charge is 2.61. The summed E-state index contributed by atoms with van der Waals surface area (Å²) in [5, 5.41) is 1.11. The molecule has 6 rings (SSSR count). The maximum Gasteiger partial charge on any atom is 0.319 e. The summed E-state index contributed by atoms with van der Waals surface area (Å²) in [5.41, 5.74) is 2.18. The quantitative estimate of drug-likeness (QED) is 0.812. The molecule has 4 atom stereocenters. The van der Waals surface area contributed by atoms with Gasteiger partial charge in [0, 0.05) is 53.6 Å². The number of nitrogens with zero attached hydrogens (tertiary/aromatic N) is 1. The molecule has 2 unspecified atom stereocenters. The molecule has 0 radical (unpaired) electrons. The van der Waals surface area contributed by atoms with E-state index in [4.69, 9.17) is 4.74 Å². The molecule has 5 heteroatoms. The van der Waals surface area contributed by atoms with Crippen LogP contribution in [0.4, 0.5) is 0 Å². The van der Waals surface area contributed by atoms with Crippen molar-refractivity contribution in [1.82, 2.24) is 9.88 Å². The Morgan fingerprint density at radius 3 is 3.00 bits per heavy atom. The van der Waals surface area contributed by atoms with Crippen molar-refractivity contribution in [2.24, 2.45) is 5.92 Å².